The first-order valence-electron chi connectivity index (χ1n) is 8.67. The molecule has 27 heavy (non-hydrogen) atoms. The smallest absolute Gasteiger partial charge is 0.286 e. The monoisotopic (exact) mass is 391 g/mol. The van der Waals surface area contributed by atoms with Crippen LogP contribution in [0.1, 0.15) is 40.7 Å². The van der Waals surface area contributed by atoms with Gasteiger partial charge in [0.25, 0.3) is 11.6 Å². The van der Waals surface area contributed by atoms with Crippen molar-refractivity contribution >= 4 is 28.1 Å². The van der Waals surface area contributed by atoms with Crippen LogP contribution in [0.2, 0.25) is 0 Å². The van der Waals surface area contributed by atoms with Gasteiger partial charge in [-0.15, -0.1) is 11.3 Å². The average molecular weight is 391 g/mol. The number of nitrogens with one attached hydrogen (secondary N) is 1. The van der Waals surface area contributed by atoms with Gasteiger partial charge in [-0.25, -0.2) is 4.98 Å². The molecule has 1 heterocycles. The lowest BCUT2D eigenvalue weighted by Crippen LogP contribution is -2.14. The number of amides is 1. The number of nitrogens with zero attached hydrogens (tertiary/aromatic N) is 2. The van der Waals surface area contributed by atoms with Crippen LogP contribution in [0.25, 0.3) is 0 Å². The molecule has 1 atom stereocenters. The van der Waals surface area contributed by atoms with Gasteiger partial charge >= 0.3 is 0 Å². The number of aromatic nitrogens is 1. The number of hydrogen-bond donors (Lipinski definition) is 1. The van der Waals surface area contributed by atoms with E-state index in [1.54, 1.807) is 0 Å². The summed E-state index contributed by atoms with van der Waals surface area (Å²) in [7, 11) is 2.79. The van der Waals surface area contributed by atoms with E-state index >= 15 is 0 Å². The third-order valence-electron chi connectivity index (χ3n) is 4.78. The Hall–Kier alpha value is -2.68. The Bertz CT molecular complexity index is 880. The highest BCUT2D eigenvalue weighted by molar-refractivity contribution is 7.15. The van der Waals surface area contributed by atoms with Crippen molar-refractivity contribution in [2.75, 3.05) is 19.5 Å². The molecule has 0 saturated carbocycles. The summed E-state index contributed by atoms with van der Waals surface area (Å²) in [5, 5.41) is 14.6. The largest absolute Gasteiger partial charge is 0.493 e. The number of anilines is 1. The molecule has 0 saturated heterocycles. The van der Waals surface area contributed by atoms with Gasteiger partial charge < -0.3 is 9.47 Å². The number of fused-ring (bicyclic) bond motifs is 1. The SMILES string of the molecule is CCC1CCc2nc(NC(=O)c3cc(OC)c(OC)cc3[N+](=O)[O-])sc2C1. The molecule has 0 spiro atoms. The molecule has 1 amide bonds. The molecule has 2 aromatic rings. The number of nitro groups is 1. The van der Waals surface area contributed by atoms with E-state index < -0.39 is 10.8 Å². The molecule has 1 unspecified atom stereocenters. The molecular weight excluding hydrogens is 370 g/mol. The van der Waals surface area contributed by atoms with Gasteiger partial charge in [0.05, 0.1) is 30.9 Å². The lowest BCUT2D eigenvalue weighted by Gasteiger charge is -2.18. The van der Waals surface area contributed by atoms with E-state index in [0.717, 1.165) is 31.4 Å². The normalized spacial score (nSPS) is 15.7. The van der Waals surface area contributed by atoms with Gasteiger partial charge in [-0.05, 0) is 25.2 Å². The number of nitro benzene ring substituents is 1. The zero-order valence-corrected chi connectivity index (χ0v) is 16.2. The fourth-order valence-electron chi connectivity index (χ4n) is 3.21. The Morgan fingerprint density at radius 3 is 2.70 bits per heavy atom. The number of ether oxygens (including phenoxy) is 2. The number of carbonyl (C=O) groups is 1. The second-order valence-corrected chi connectivity index (χ2v) is 7.43. The van der Waals surface area contributed by atoms with Crippen LogP contribution in [0.4, 0.5) is 10.8 Å². The molecule has 0 radical (unpaired) electrons. The number of benzene rings is 1. The molecule has 9 heteroatoms. The lowest BCUT2D eigenvalue weighted by molar-refractivity contribution is -0.385. The zero-order valence-electron chi connectivity index (χ0n) is 15.4. The van der Waals surface area contributed by atoms with Crippen LogP contribution in [-0.2, 0) is 12.8 Å². The van der Waals surface area contributed by atoms with Crippen LogP contribution < -0.4 is 14.8 Å². The summed E-state index contributed by atoms with van der Waals surface area (Å²) >= 11 is 1.44. The summed E-state index contributed by atoms with van der Waals surface area (Å²) in [6, 6.07) is 2.50. The summed E-state index contributed by atoms with van der Waals surface area (Å²) < 4.78 is 10.2. The molecule has 8 nitrogen and oxygen atoms in total. The van der Waals surface area contributed by atoms with Gasteiger partial charge in [-0.1, -0.05) is 13.3 Å². The van der Waals surface area contributed by atoms with E-state index in [4.69, 9.17) is 9.47 Å². The molecule has 1 aromatic carbocycles. The highest BCUT2D eigenvalue weighted by Crippen LogP contribution is 2.36. The van der Waals surface area contributed by atoms with Crippen LogP contribution >= 0.6 is 11.3 Å². The summed E-state index contributed by atoms with van der Waals surface area (Å²) in [5.74, 6) is 0.489. The fraction of sp³-hybridized carbons (Fsp3) is 0.444. The minimum Gasteiger partial charge on any atom is -0.493 e. The van der Waals surface area contributed by atoms with Crippen LogP contribution in [0, 0.1) is 16.0 Å². The van der Waals surface area contributed by atoms with Gasteiger partial charge in [-0.2, -0.15) is 0 Å². The number of methoxy groups -OCH3 is 2. The molecule has 0 fully saturated rings. The molecule has 3 rings (SSSR count). The number of hydrogen-bond acceptors (Lipinski definition) is 7. The Morgan fingerprint density at radius 2 is 2.07 bits per heavy atom. The Balaban J connectivity index is 1.88. The van der Waals surface area contributed by atoms with Gasteiger partial charge in [0, 0.05) is 10.9 Å². The maximum Gasteiger partial charge on any atom is 0.286 e. The quantitative estimate of drug-likeness (QED) is 0.593. The maximum atomic E-state index is 12.7. The number of rotatable bonds is 6. The molecule has 144 valence electrons. The predicted molar refractivity (Wildman–Crippen MR) is 102 cm³/mol. The minimum atomic E-state index is -0.615. The van der Waals surface area contributed by atoms with Crippen molar-refractivity contribution in [1.82, 2.24) is 4.98 Å². The second kappa shape index (κ2) is 7.91. The van der Waals surface area contributed by atoms with Gasteiger partial charge in [0.1, 0.15) is 5.56 Å². The van der Waals surface area contributed by atoms with E-state index in [1.807, 2.05) is 0 Å². The molecule has 0 bridgehead atoms. The first-order valence-corrected chi connectivity index (χ1v) is 9.48. The molecule has 0 aliphatic heterocycles. The third kappa shape index (κ3) is 3.87. The number of carbonyl (C=O) groups excluding carboxylic acids is 1. The van der Waals surface area contributed by atoms with Crippen molar-refractivity contribution in [2.45, 2.75) is 32.6 Å². The predicted octanol–water partition coefficient (Wildman–Crippen LogP) is 3.84. The molecule has 1 aromatic heterocycles. The first kappa shape index (κ1) is 19.1. The first-order chi connectivity index (χ1) is 13.0. The summed E-state index contributed by atoms with van der Waals surface area (Å²) in [4.78, 5) is 29.2. The van der Waals surface area contributed by atoms with E-state index in [1.165, 1.54) is 42.6 Å². The van der Waals surface area contributed by atoms with E-state index in [9.17, 15) is 14.9 Å². The Morgan fingerprint density at radius 1 is 1.37 bits per heavy atom. The van der Waals surface area contributed by atoms with Gasteiger partial charge in [0.15, 0.2) is 16.6 Å². The van der Waals surface area contributed by atoms with Crippen molar-refractivity contribution in [1.29, 1.82) is 0 Å². The van der Waals surface area contributed by atoms with E-state index in [0.29, 0.717) is 11.0 Å². The standard InChI is InChI=1S/C18H21N3O5S/c1-4-10-5-6-12-16(7-10)27-18(19-12)20-17(22)11-8-14(25-2)15(26-3)9-13(11)21(23)24/h8-10H,4-7H2,1-3H3,(H,19,20,22). The van der Waals surface area contributed by atoms with Crippen LogP contribution in [0.15, 0.2) is 12.1 Å². The number of thiazole rings is 1. The van der Waals surface area contributed by atoms with Crippen molar-refractivity contribution in [3.63, 3.8) is 0 Å². The van der Waals surface area contributed by atoms with E-state index in [-0.39, 0.29) is 22.7 Å². The maximum absolute atomic E-state index is 12.7. The number of aryl methyl sites for hydroxylation is 1. The van der Waals surface area contributed by atoms with Gasteiger partial charge in [0.2, 0.25) is 0 Å². The zero-order chi connectivity index (χ0) is 19.6. The Kier molecular flexibility index (Phi) is 5.59. The van der Waals surface area contributed by atoms with Crippen LogP contribution in [-0.4, -0.2) is 30.0 Å². The summed E-state index contributed by atoms with van der Waals surface area (Å²) in [6.45, 7) is 2.18. The van der Waals surface area contributed by atoms with Crippen LogP contribution in [0.3, 0.4) is 0 Å². The molecule has 1 aliphatic carbocycles. The third-order valence-corrected chi connectivity index (χ3v) is 5.82. The highest BCUT2D eigenvalue weighted by atomic mass is 32.1. The Labute approximate surface area is 160 Å². The summed E-state index contributed by atoms with van der Waals surface area (Å²) in [6.07, 6.45) is 4.09. The topological polar surface area (TPSA) is 104 Å². The molecule has 1 aliphatic rings. The average Bonchev–Trinajstić information content (AvgIpc) is 3.07. The fourth-order valence-corrected chi connectivity index (χ4v) is 4.33. The van der Waals surface area contributed by atoms with Crippen molar-refractivity contribution in [3.8, 4) is 11.5 Å². The molecular formula is C18H21N3O5S. The molecule has 1 N–H and O–H groups in total. The van der Waals surface area contributed by atoms with E-state index in [2.05, 4.69) is 17.2 Å². The minimum absolute atomic E-state index is 0.0998. The summed E-state index contributed by atoms with van der Waals surface area (Å²) in [5.41, 5.74) is 0.566. The van der Waals surface area contributed by atoms with Crippen molar-refractivity contribution in [2.24, 2.45) is 5.92 Å². The van der Waals surface area contributed by atoms with Crippen LogP contribution in [0.5, 0.6) is 11.5 Å². The lowest BCUT2D eigenvalue weighted by atomic mass is 9.89. The highest BCUT2D eigenvalue weighted by Gasteiger charge is 2.27. The van der Waals surface area contributed by atoms with Gasteiger partial charge in [-0.3, -0.25) is 20.2 Å². The second-order valence-electron chi connectivity index (χ2n) is 6.34. The van der Waals surface area contributed by atoms with Crippen molar-refractivity contribution in [3.05, 3.63) is 38.4 Å². The van der Waals surface area contributed by atoms with Crippen molar-refractivity contribution < 1.29 is 19.2 Å².